The quantitative estimate of drug-likeness (QED) is 0.413. The fourth-order valence-corrected chi connectivity index (χ4v) is 2.49. The molecule has 0 bridgehead atoms. The van der Waals surface area contributed by atoms with E-state index >= 15 is 0 Å². The first-order chi connectivity index (χ1) is 13.2. The summed E-state index contributed by atoms with van der Waals surface area (Å²) < 4.78 is 10.1. The molecule has 3 aromatic rings. The van der Waals surface area contributed by atoms with Crippen molar-refractivity contribution in [1.29, 1.82) is 0 Å². The number of para-hydroxylation sites is 1. The van der Waals surface area contributed by atoms with Crippen molar-refractivity contribution in [3.8, 4) is 5.75 Å². The van der Waals surface area contributed by atoms with Gasteiger partial charge in [-0.2, -0.15) is 0 Å². The zero-order chi connectivity index (χ0) is 19.1. The van der Waals surface area contributed by atoms with Gasteiger partial charge in [0.1, 0.15) is 5.75 Å². The minimum atomic E-state index is -0.565. The number of nitrogens with zero attached hydrogens (tertiary/aromatic N) is 1. The van der Waals surface area contributed by atoms with Crippen molar-refractivity contribution in [3.05, 3.63) is 72.4 Å². The molecule has 6 nitrogen and oxygen atoms in total. The molecule has 0 saturated heterocycles. The van der Waals surface area contributed by atoms with Gasteiger partial charge in [-0.15, -0.1) is 0 Å². The summed E-state index contributed by atoms with van der Waals surface area (Å²) in [5, 5.41) is 3.55. The number of nitrogens with one attached hydrogen (secondary N) is 1. The molecule has 0 saturated carbocycles. The maximum atomic E-state index is 12.1. The third-order valence-electron chi connectivity index (χ3n) is 3.64. The van der Waals surface area contributed by atoms with E-state index < -0.39 is 12.1 Å². The van der Waals surface area contributed by atoms with E-state index in [-0.39, 0.29) is 6.61 Å². The van der Waals surface area contributed by atoms with Gasteiger partial charge in [0.15, 0.2) is 0 Å². The molecule has 1 aromatic heterocycles. The van der Waals surface area contributed by atoms with Crippen LogP contribution in [0.1, 0.15) is 12.5 Å². The Morgan fingerprint density at radius 2 is 1.93 bits per heavy atom. The summed E-state index contributed by atoms with van der Waals surface area (Å²) in [6.07, 6.45) is 4.15. The highest BCUT2D eigenvalue weighted by molar-refractivity contribution is 5.93. The van der Waals surface area contributed by atoms with Crippen molar-refractivity contribution in [2.45, 2.75) is 6.92 Å². The lowest BCUT2D eigenvalue weighted by molar-refractivity contribution is -0.128. The first-order valence-corrected chi connectivity index (χ1v) is 8.43. The molecule has 3 rings (SSSR count). The predicted molar refractivity (Wildman–Crippen MR) is 103 cm³/mol. The zero-order valence-electron chi connectivity index (χ0n) is 14.7. The SMILES string of the molecule is CCOC(=O)Nc1cccc(OC(=O)/C=C/c2cccc3cccnc23)c1. The summed E-state index contributed by atoms with van der Waals surface area (Å²) in [6, 6.07) is 16.1. The number of benzene rings is 2. The molecule has 0 aliphatic rings. The predicted octanol–water partition coefficient (Wildman–Crippen LogP) is 4.42. The number of anilines is 1. The van der Waals surface area contributed by atoms with Gasteiger partial charge < -0.3 is 9.47 Å². The Kier molecular flexibility index (Phi) is 5.79. The number of ether oxygens (including phenoxy) is 2. The van der Waals surface area contributed by atoms with E-state index in [0.717, 1.165) is 16.5 Å². The monoisotopic (exact) mass is 362 g/mol. The molecule has 0 atom stereocenters. The van der Waals surface area contributed by atoms with Crippen LogP contribution in [0.15, 0.2) is 66.9 Å². The van der Waals surface area contributed by atoms with Crippen LogP contribution in [0.2, 0.25) is 0 Å². The van der Waals surface area contributed by atoms with Crippen molar-refractivity contribution in [2.24, 2.45) is 0 Å². The zero-order valence-corrected chi connectivity index (χ0v) is 14.7. The number of esters is 1. The molecular weight excluding hydrogens is 344 g/mol. The van der Waals surface area contributed by atoms with E-state index in [1.165, 1.54) is 6.08 Å². The largest absolute Gasteiger partial charge is 0.450 e. The highest BCUT2D eigenvalue weighted by atomic mass is 16.5. The molecule has 1 N–H and O–H groups in total. The highest BCUT2D eigenvalue weighted by Gasteiger charge is 2.06. The molecular formula is C21H18N2O4. The maximum Gasteiger partial charge on any atom is 0.411 e. The lowest BCUT2D eigenvalue weighted by Gasteiger charge is -2.07. The number of pyridine rings is 1. The van der Waals surface area contributed by atoms with Crippen LogP contribution in [0.4, 0.5) is 10.5 Å². The van der Waals surface area contributed by atoms with Gasteiger partial charge in [0, 0.05) is 35.0 Å². The molecule has 0 aliphatic carbocycles. The van der Waals surface area contributed by atoms with Crippen LogP contribution in [-0.2, 0) is 9.53 Å². The fourth-order valence-electron chi connectivity index (χ4n) is 2.49. The van der Waals surface area contributed by atoms with E-state index in [1.54, 1.807) is 43.5 Å². The van der Waals surface area contributed by atoms with E-state index in [9.17, 15) is 9.59 Å². The fraction of sp³-hybridized carbons (Fsp3) is 0.0952. The molecule has 0 spiro atoms. The molecule has 6 heteroatoms. The van der Waals surface area contributed by atoms with Gasteiger partial charge in [0.25, 0.3) is 0 Å². The summed E-state index contributed by atoms with van der Waals surface area (Å²) in [5.74, 6) is -0.216. The van der Waals surface area contributed by atoms with E-state index in [0.29, 0.717) is 11.4 Å². The van der Waals surface area contributed by atoms with Crippen LogP contribution in [0.3, 0.4) is 0 Å². The second-order valence-corrected chi connectivity index (χ2v) is 5.55. The second kappa shape index (κ2) is 8.62. The van der Waals surface area contributed by atoms with E-state index in [4.69, 9.17) is 9.47 Å². The van der Waals surface area contributed by atoms with Gasteiger partial charge in [-0.1, -0.05) is 30.3 Å². The normalized spacial score (nSPS) is 10.7. The minimum absolute atomic E-state index is 0.272. The molecule has 0 aliphatic heterocycles. The standard InChI is InChI=1S/C21H18N2O4/c1-2-26-21(25)23-17-9-4-10-18(14-17)27-19(24)12-11-16-7-3-6-15-8-5-13-22-20(15)16/h3-14H,2H2,1H3,(H,23,25)/b12-11+. The van der Waals surface area contributed by atoms with Gasteiger partial charge in [0.05, 0.1) is 12.1 Å². The Morgan fingerprint density at radius 3 is 2.78 bits per heavy atom. The van der Waals surface area contributed by atoms with Crippen LogP contribution < -0.4 is 10.1 Å². The second-order valence-electron chi connectivity index (χ2n) is 5.55. The van der Waals surface area contributed by atoms with Crippen molar-refractivity contribution < 1.29 is 19.1 Å². The minimum Gasteiger partial charge on any atom is -0.450 e. The smallest absolute Gasteiger partial charge is 0.411 e. The first-order valence-electron chi connectivity index (χ1n) is 8.43. The number of rotatable bonds is 5. The van der Waals surface area contributed by atoms with Crippen LogP contribution in [0.25, 0.3) is 17.0 Å². The maximum absolute atomic E-state index is 12.1. The third kappa shape index (κ3) is 4.92. The Bertz CT molecular complexity index is 993. The topological polar surface area (TPSA) is 77.5 Å². The number of amides is 1. The lowest BCUT2D eigenvalue weighted by atomic mass is 10.1. The molecule has 2 aromatic carbocycles. The Morgan fingerprint density at radius 1 is 1.11 bits per heavy atom. The molecule has 0 fully saturated rings. The molecule has 1 heterocycles. The number of carbonyl (C=O) groups is 2. The number of hydrogen-bond acceptors (Lipinski definition) is 5. The molecule has 0 radical (unpaired) electrons. The average molecular weight is 362 g/mol. The van der Waals surface area contributed by atoms with E-state index in [2.05, 4.69) is 10.3 Å². The average Bonchev–Trinajstić information content (AvgIpc) is 2.67. The van der Waals surface area contributed by atoms with Crippen molar-refractivity contribution >= 4 is 34.7 Å². The summed E-state index contributed by atoms with van der Waals surface area (Å²) >= 11 is 0. The molecule has 27 heavy (non-hydrogen) atoms. The van der Waals surface area contributed by atoms with Crippen LogP contribution in [0.5, 0.6) is 5.75 Å². The van der Waals surface area contributed by atoms with Crippen LogP contribution in [-0.4, -0.2) is 23.7 Å². The van der Waals surface area contributed by atoms with Gasteiger partial charge in [-0.25, -0.2) is 9.59 Å². The number of aromatic nitrogens is 1. The number of fused-ring (bicyclic) bond motifs is 1. The van der Waals surface area contributed by atoms with Crippen molar-refractivity contribution in [3.63, 3.8) is 0 Å². The van der Waals surface area contributed by atoms with Crippen LogP contribution >= 0.6 is 0 Å². The van der Waals surface area contributed by atoms with Gasteiger partial charge in [-0.05, 0) is 31.2 Å². The molecule has 0 unspecified atom stereocenters. The Hall–Kier alpha value is -3.67. The van der Waals surface area contributed by atoms with Gasteiger partial charge in [0.2, 0.25) is 0 Å². The van der Waals surface area contributed by atoms with Gasteiger partial charge >= 0.3 is 12.1 Å². The summed E-state index contributed by atoms with van der Waals surface area (Å²) in [7, 11) is 0. The van der Waals surface area contributed by atoms with Crippen molar-refractivity contribution in [2.75, 3.05) is 11.9 Å². The molecule has 136 valence electrons. The summed E-state index contributed by atoms with van der Waals surface area (Å²) in [6.45, 7) is 1.99. The number of carbonyl (C=O) groups excluding carboxylic acids is 2. The Balaban J connectivity index is 1.68. The first kappa shape index (κ1) is 18.1. The summed E-state index contributed by atoms with van der Waals surface area (Å²) in [4.78, 5) is 27.9. The third-order valence-corrected chi connectivity index (χ3v) is 3.64. The van der Waals surface area contributed by atoms with Gasteiger partial charge in [-0.3, -0.25) is 10.3 Å². The van der Waals surface area contributed by atoms with E-state index in [1.807, 2.05) is 30.3 Å². The van der Waals surface area contributed by atoms with Crippen molar-refractivity contribution in [1.82, 2.24) is 4.98 Å². The molecule has 1 amide bonds. The highest BCUT2D eigenvalue weighted by Crippen LogP contribution is 2.19. The Labute approximate surface area is 156 Å². The lowest BCUT2D eigenvalue weighted by Crippen LogP contribution is -2.13. The number of hydrogen-bond donors (Lipinski definition) is 1. The summed E-state index contributed by atoms with van der Waals surface area (Å²) in [5.41, 5.74) is 2.11. The van der Waals surface area contributed by atoms with Crippen LogP contribution in [0, 0.1) is 0 Å².